The van der Waals surface area contributed by atoms with Crippen molar-refractivity contribution in [3.8, 4) is 0 Å². The van der Waals surface area contributed by atoms with Crippen molar-refractivity contribution in [1.82, 2.24) is 0 Å². The Bertz CT molecular complexity index is 436. The van der Waals surface area contributed by atoms with Crippen LogP contribution in [0.3, 0.4) is 0 Å². The van der Waals surface area contributed by atoms with Crippen LogP contribution in [0.1, 0.15) is 24.2 Å². The Morgan fingerprint density at radius 3 is 1.94 bits per heavy atom. The van der Waals surface area contributed by atoms with Crippen LogP contribution in [-0.2, 0) is 4.79 Å². The Kier molecular flexibility index (Phi) is 3.98. The van der Waals surface area contributed by atoms with Crippen molar-refractivity contribution in [3.63, 3.8) is 0 Å². The van der Waals surface area contributed by atoms with E-state index >= 15 is 0 Å². The van der Waals surface area contributed by atoms with Crippen molar-refractivity contribution in [2.75, 3.05) is 0 Å². The number of carboxylic acids is 1. The maximum absolute atomic E-state index is 11.6. The third kappa shape index (κ3) is 2.88. The molecule has 0 bridgehead atoms. The molecule has 1 aromatic rings. The molecule has 0 radical (unpaired) electrons. The first-order valence-electron chi connectivity index (χ1n) is 4.99. The van der Waals surface area contributed by atoms with Crippen LogP contribution >= 0.6 is 7.72 Å². The van der Waals surface area contributed by atoms with Crippen LogP contribution in [0, 0.1) is 5.92 Å². The molecular weight excluding hydrogens is 243 g/mol. The van der Waals surface area contributed by atoms with E-state index in [1.807, 2.05) is 0 Å². The van der Waals surface area contributed by atoms with Gasteiger partial charge in [0.2, 0.25) is 0 Å². The van der Waals surface area contributed by atoms with Crippen molar-refractivity contribution >= 4 is 24.5 Å². The summed E-state index contributed by atoms with van der Waals surface area (Å²) in [6.07, 6.45) is 0. The van der Waals surface area contributed by atoms with Gasteiger partial charge in [-0.2, -0.15) is 0 Å². The van der Waals surface area contributed by atoms with E-state index < -0.39 is 25.1 Å². The van der Waals surface area contributed by atoms with Gasteiger partial charge < -0.3 is 5.11 Å². The number of benzene rings is 1. The van der Waals surface area contributed by atoms with Crippen molar-refractivity contribution in [1.29, 1.82) is 0 Å². The van der Waals surface area contributed by atoms with Gasteiger partial charge in [-0.3, -0.25) is 0 Å². The second-order valence-electron chi connectivity index (χ2n) is 3.95. The number of carbonyl (C=O) groups is 2. The Hall–Kier alpha value is -1.29. The fraction of sp³-hybridized carbons (Fsp3) is 0.273. The van der Waals surface area contributed by atoms with E-state index in [2.05, 4.69) is 0 Å². The molecule has 0 saturated carbocycles. The molecule has 0 fully saturated rings. The second kappa shape index (κ2) is 4.92. The van der Waals surface area contributed by atoms with E-state index in [1.54, 1.807) is 13.8 Å². The second-order valence-corrected chi connectivity index (χ2v) is 6.11. The standard InChI is InChI=1S/C11H13O5P/c1-7(2)11(14)17(15,16)9-5-3-8(4-6-9)10(12)13/h3-7,15-16H,1-2H3/p+1. The average Bonchev–Trinajstić information content (AvgIpc) is 2.27. The summed E-state index contributed by atoms with van der Waals surface area (Å²) in [4.78, 5) is 41.9. The summed E-state index contributed by atoms with van der Waals surface area (Å²) in [5.41, 5.74) is -0.591. The smallest absolute Gasteiger partial charge is 0.370 e. The third-order valence-electron chi connectivity index (χ3n) is 2.28. The predicted molar refractivity (Wildman–Crippen MR) is 64.2 cm³/mol. The number of hydrogen-bond donors (Lipinski definition) is 3. The molecule has 0 saturated heterocycles. The molecule has 0 unspecified atom stereocenters. The third-order valence-corrected chi connectivity index (χ3v) is 4.42. The zero-order valence-corrected chi connectivity index (χ0v) is 10.4. The van der Waals surface area contributed by atoms with E-state index in [0.717, 1.165) is 0 Å². The fourth-order valence-electron chi connectivity index (χ4n) is 1.30. The van der Waals surface area contributed by atoms with Gasteiger partial charge >= 0.3 is 19.2 Å². The van der Waals surface area contributed by atoms with Crippen LogP contribution in [0.25, 0.3) is 0 Å². The SMILES string of the molecule is CC(C)C(=O)[P+](O)(O)c1ccc(C(=O)O)cc1. The largest absolute Gasteiger partial charge is 0.478 e. The summed E-state index contributed by atoms with van der Waals surface area (Å²) in [7, 11) is -3.82. The summed E-state index contributed by atoms with van der Waals surface area (Å²) in [5.74, 6) is -1.59. The topological polar surface area (TPSA) is 94.8 Å². The Labute approximate surface area is 99.2 Å². The minimum absolute atomic E-state index is 0.0331. The predicted octanol–water partition coefficient (Wildman–Crippen LogP) is 1.02. The lowest BCUT2D eigenvalue weighted by Gasteiger charge is -2.12. The van der Waals surface area contributed by atoms with Gasteiger partial charge in [0, 0.05) is 0 Å². The molecule has 0 spiro atoms. The number of carboxylic acid groups (broad SMARTS) is 1. The van der Waals surface area contributed by atoms with E-state index in [0.29, 0.717) is 0 Å². The van der Waals surface area contributed by atoms with Gasteiger partial charge in [0.15, 0.2) is 5.30 Å². The average molecular weight is 257 g/mol. The Morgan fingerprint density at radius 1 is 1.12 bits per heavy atom. The lowest BCUT2D eigenvalue weighted by atomic mass is 10.2. The molecule has 0 aliphatic carbocycles. The molecule has 6 heteroatoms. The van der Waals surface area contributed by atoms with Crippen molar-refractivity contribution in [2.45, 2.75) is 13.8 Å². The van der Waals surface area contributed by atoms with Crippen LogP contribution < -0.4 is 5.30 Å². The zero-order chi connectivity index (χ0) is 13.2. The van der Waals surface area contributed by atoms with Crippen LogP contribution in [0.15, 0.2) is 24.3 Å². The van der Waals surface area contributed by atoms with E-state index in [1.165, 1.54) is 24.3 Å². The van der Waals surface area contributed by atoms with Gasteiger partial charge in [0.05, 0.1) is 11.5 Å². The molecule has 0 aromatic heterocycles. The van der Waals surface area contributed by atoms with Gasteiger partial charge in [0.1, 0.15) is 0 Å². The highest BCUT2D eigenvalue weighted by Crippen LogP contribution is 2.51. The molecular formula is C11H14O5P+. The molecule has 92 valence electrons. The van der Waals surface area contributed by atoms with Crippen LogP contribution in [0.4, 0.5) is 0 Å². The molecule has 5 nitrogen and oxygen atoms in total. The first-order valence-corrected chi connectivity index (χ1v) is 6.69. The van der Waals surface area contributed by atoms with Crippen molar-refractivity contribution < 1.29 is 24.5 Å². The van der Waals surface area contributed by atoms with E-state index in [9.17, 15) is 19.4 Å². The number of rotatable bonds is 4. The van der Waals surface area contributed by atoms with E-state index in [4.69, 9.17) is 5.11 Å². The Balaban J connectivity index is 3.08. The number of aromatic carboxylic acids is 1. The molecule has 1 rings (SSSR count). The molecule has 1 aromatic carbocycles. The van der Waals surface area contributed by atoms with Gasteiger partial charge in [-0.25, -0.2) is 19.4 Å². The Morgan fingerprint density at radius 2 is 1.59 bits per heavy atom. The minimum atomic E-state index is -3.82. The molecule has 0 aliphatic heterocycles. The molecule has 0 atom stereocenters. The number of hydrogen-bond acceptors (Lipinski definition) is 4. The van der Waals surface area contributed by atoms with Gasteiger partial charge in [-0.05, 0) is 24.3 Å². The summed E-state index contributed by atoms with van der Waals surface area (Å²) in [5, 5.41) is 8.76. The normalized spacial score (nSPS) is 11.6. The molecule has 0 heterocycles. The van der Waals surface area contributed by atoms with Crippen LogP contribution in [-0.4, -0.2) is 26.4 Å². The highest BCUT2D eigenvalue weighted by molar-refractivity contribution is 7.87. The molecule has 3 N–H and O–H groups in total. The van der Waals surface area contributed by atoms with Crippen molar-refractivity contribution in [3.05, 3.63) is 29.8 Å². The van der Waals surface area contributed by atoms with Gasteiger partial charge in [-0.1, -0.05) is 13.8 Å². The maximum Gasteiger partial charge on any atom is 0.370 e. The molecule has 17 heavy (non-hydrogen) atoms. The summed E-state index contributed by atoms with van der Waals surface area (Å²) < 4.78 is 0. The summed E-state index contributed by atoms with van der Waals surface area (Å²) >= 11 is 0. The first kappa shape index (κ1) is 13.8. The monoisotopic (exact) mass is 257 g/mol. The summed E-state index contributed by atoms with van der Waals surface area (Å²) in [6, 6.07) is 5.01. The van der Waals surface area contributed by atoms with Crippen molar-refractivity contribution in [2.24, 2.45) is 5.92 Å². The summed E-state index contributed by atoms with van der Waals surface area (Å²) in [6.45, 7) is 3.16. The zero-order valence-electron chi connectivity index (χ0n) is 9.49. The fourth-order valence-corrected chi connectivity index (χ4v) is 2.84. The molecule has 0 amide bonds. The first-order chi connectivity index (χ1) is 7.76. The lowest BCUT2D eigenvalue weighted by molar-refractivity contribution is -0.115. The lowest BCUT2D eigenvalue weighted by Crippen LogP contribution is -2.22. The number of carbonyl (C=O) groups excluding carboxylic acids is 1. The quantitative estimate of drug-likeness (QED) is 0.700. The van der Waals surface area contributed by atoms with Gasteiger partial charge in [-0.15, -0.1) is 0 Å². The maximum atomic E-state index is 11.6. The van der Waals surface area contributed by atoms with Crippen LogP contribution in [0.2, 0.25) is 0 Å². The van der Waals surface area contributed by atoms with Gasteiger partial charge in [0.25, 0.3) is 0 Å². The highest BCUT2D eigenvalue weighted by atomic mass is 31.2. The van der Waals surface area contributed by atoms with Crippen LogP contribution in [0.5, 0.6) is 0 Å². The minimum Gasteiger partial charge on any atom is -0.478 e. The molecule has 0 aliphatic rings. The van der Waals surface area contributed by atoms with E-state index in [-0.39, 0.29) is 10.9 Å². The highest BCUT2D eigenvalue weighted by Gasteiger charge is 2.47.